The Morgan fingerprint density at radius 2 is 2.20 bits per heavy atom. The van der Waals surface area contributed by atoms with Gasteiger partial charge in [0.15, 0.2) is 0 Å². The number of halogens is 1. The Kier molecular flexibility index (Phi) is 4.95. The summed E-state index contributed by atoms with van der Waals surface area (Å²) in [4.78, 5) is 25.4. The van der Waals surface area contributed by atoms with Gasteiger partial charge < -0.3 is 4.74 Å². The summed E-state index contributed by atoms with van der Waals surface area (Å²) in [5.41, 5.74) is 0.921. The monoisotopic (exact) mass is 371 g/mol. The van der Waals surface area contributed by atoms with Gasteiger partial charge in [0, 0.05) is 4.47 Å². The van der Waals surface area contributed by atoms with E-state index in [2.05, 4.69) is 20.7 Å². The largest absolute Gasteiger partial charge is 0.468 e. The van der Waals surface area contributed by atoms with Crippen molar-refractivity contribution in [3.05, 3.63) is 39.2 Å². The molecule has 0 bridgehead atoms. The van der Waals surface area contributed by atoms with E-state index in [0.717, 1.165) is 21.8 Å². The highest BCUT2D eigenvalue weighted by Gasteiger charge is 2.33. The molecule has 0 radical (unpaired) electrons. The van der Waals surface area contributed by atoms with Crippen LogP contribution < -0.4 is 0 Å². The minimum atomic E-state index is -0.497. The number of ether oxygens (including phenoxy) is 1. The van der Waals surface area contributed by atoms with Crippen molar-refractivity contribution < 1.29 is 14.3 Å². The Morgan fingerprint density at radius 1 is 1.50 bits per heavy atom. The molecule has 104 valence electrons. The van der Waals surface area contributed by atoms with Crippen molar-refractivity contribution in [3.8, 4) is 0 Å². The summed E-state index contributed by atoms with van der Waals surface area (Å²) in [7, 11) is 1.27. The van der Waals surface area contributed by atoms with Gasteiger partial charge in [0.2, 0.25) is 0 Å². The van der Waals surface area contributed by atoms with Crippen molar-refractivity contribution >= 4 is 62.2 Å². The molecule has 1 aliphatic heterocycles. The first-order chi connectivity index (χ1) is 9.52. The van der Waals surface area contributed by atoms with E-state index in [4.69, 9.17) is 12.2 Å². The number of thiocarbonyl (C=S) groups is 1. The summed E-state index contributed by atoms with van der Waals surface area (Å²) in [5.74, 6) is -0.497. The summed E-state index contributed by atoms with van der Waals surface area (Å²) < 4.78 is 5.46. The number of nitrogens with zero attached hydrogens (tertiary/aromatic N) is 1. The third-order valence-corrected chi connectivity index (χ3v) is 4.80. The molecule has 7 heteroatoms. The summed E-state index contributed by atoms with van der Waals surface area (Å²) in [6, 6.07) is 7.62. The van der Waals surface area contributed by atoms with Crippen molar-refractivity contribution in [2.45, 2.75) is 0 Å². The zero-order valence-electron chi connectivity index (χ0n) is 10.5. The minimum absolute atomic E-state index is 0.158. The molecule has 2 rings (SSSR count). The highest BCUT2D eigenvalue weighted by atomic mass is 79.9. The molecule has 4 nitrogen and oxygen atoms in total. The predicted molar refractivity (Wildman–Crippen MR) is 86.4 cm³/mol. The normalized spacial score (nSPS) is 16.9. The summed E-state index contributed by atoms with van der Waals surface area (Å²) in [6.07, 6.45) is 1.83. The fourth-order valence-electron chi connectivity index (χ4n) is 1.56. The SMILES string of the molecule is COC(=O)CN1C(=O)SC(=Cc2ccccc2Br)C1=S. The van der Waals surface area contributed by atoms with Crippen LogP contribution >= 0.6 is 39.9 Å². The van der Waals surface area contributed by atoms with Gasteiger partial charge in [-0.15, -0.1) is 0 Å². The standard InChI is InChI=1S/C13H10BrNO3S2/c1-18-11(16)7-15-12(19)10(20-13(15)17)6-8-4-2-3-5-9(8)14/h2-6H,7H2,1H3. The Labute approximate surface area is 134 Å². The lowest BCUT2D eigenvalue weighted by molar-refractivity contribution is -0.140. The second kappa shape index (κ2) is 6.51. The first-order valence-corrected chi connectivity index (χ1v) is 7.61. The van der Waals surface area contributed by atoms with Crippen LogP contribution in [-0.4, -0.2) is 34.8 Å². The van der Waals surface area contributed by atoms with Crippen molar-refractivity contribution in [1.29, 1.82) is 0 Å². The number of methoxy groups -OCH3 is 1. The van der Waals surface area contributed by atoms with E-state index in [0.29, 0.717) is 9.89 Å². The molecule has 0 aliphatic carbocycles. The number of rotatable bonds is 3. The molecular weight excluding hydrogens is 362 g/mol. The predicted octanol–water partition coefficient (Wildman–Crippen LogP) is 3.46. The van der Waals surface area contributed by atoms with Crippen LogP contribution in [0.3, 0.4) is 0 Å². The number of hydrogen-bond donors (Lipinski definition) is 0. The van der Waals surface area contributed by atoms with E-state index in [1.807, 2.05) is 30.3 Å². The van der Waals surface area contributed by atoms with E-state index >= 15 is 0 Å². The molecule has 0 N–H and O–H groups in total. The first kappa shape index (κ1) is 15.2. The molecule has 0 unspecified atom stereocenters. The van der Waals surface area contributed by atoms with Gasteiger partial charge in [0.05, 0.1) is 12.0 Å². The Morgan fingerprint density at radius 3 is 2.85 bits per heavy atom. The Bertz CT molecular complexity index is 615. The number of carbonyl (C=O) groups is 2. The fourth-order valence-corrected chi connectivity index (χ4v) is 3.19. The van der Waals surface area contributed by atoms with Gasteiger partial charge in [-0.2, -0.15) is 0 Å². The van der Waals surface area contributed by atoms with E-state index in [-0.39, 0.29) is 11.8 Å². The molecule has 0 aromatic heterocycles. The Hall–Kier alpha value is -1.18. The summed E-state index contributed by atoms with van der Waals surface area (Å²) in [6.45, 7) is -0.158. The molecular formula is C13H10BrNO3S2. The number of hydrogen-bond acceptors (Lipinski definition) is 5. The molecule has 20 heavy (non-hydrogen) atoms. The van der Waals surface area contributed by atoms with Gasteiger partial charge in [-0.1, -0.05) is 46.3 Å². The molecule has 1 saturated heterocycles. The molecule has 1 fully saturated rings. The van der Waals surface area contributed by atoms with Gasteiger partial charge >= 0.3 is 5.97 Å². The molecule has 0 atom stereocenters. The topological polar surface area (TPSA) is 46.6 Å². The zero-order valence-corrected chi connectivity index (χ0v) is 13.7. The average Bonchev–Trinajstić information content (AvgIpc) is 2.69. The molecule has 1 amide bonds. The summed E-state index contributed by atoms with van der Waals surface area (Å²) >= 11 is 9.69. The number of benzene rings is 1. The minimum Gasteiger partial charge on any atom is -0.468 e. The first-order valence-electron chi connectivity index (χ1n) is 5.59. The van der Waals surface area contributed by atoms with Crippen molar-refractivity contribution in [1.82, 2.24) is 4.90 Å². The maximum Gasteiger partial charge on any atom is 0.325 e. The molecule has 1 aromatic carbocycles. The van der Waals surface area contributed by atoms with Crippen molar-refractivity contribution in [2.75, 3.05) is 13.7 Å². The van der Waals surface area contributed by atoms with Gasteiger partial charge in [-0.3, -0.25) is 14.5 Å². The van der Waals surface area contributed by atoms with E-state index < -0.39 is 5.97 Å². The summed E-state index contributed by atoms with van der Waals surface area (Å²) in [5, 5.41) is -0.265. The average molecular weight is 372 g/mol. The highest BCUT2D eigenvalue weighted by molar-refractivity contribution is 9.10. The van der Waals surface area contributed by atoms with E-state index in [1.54, 1.807) is 0 Å². The second-order valence-corrected chi connectivity index (χ2v) is 6.10. The van der Waals surface area contributed by atoms with Crippen LogP contribution in [-0.2, 0) is 9.53 Å². The van der Waals surface area contributed by atoms with Gasteiger partial charge in [0.25, 0.3) is 5.24 Å². The van der Waals surface area contributed by atoms with Crippen LogP contribution in [0.2, 0.25) is 0 Å². The number of thioether (sulfide) groups is 1. The second-order valence-electron chi connectivity index (χ2n) is 3.87. The molecule has 0 spiro atoms. The molecule has 1 aliphatic rings. The van der Waals surface area contributed by atoms with Crippen LogP contribution in [0.5, 0.6) is 0 Å². The molecule has 1 aromatic rings. The van der Waals surface area contributed by atoms with Crippen molar-refractivity contribution in [3.63, 3.8) is 0 Å². The van der Waals surface area contributed by atoms with Crippen LogP contribution in [0.25, 0.3) is 6.08 Å². The van der Waals surface area contributed by atoms with Crippen LogP contribution in [0.15, 0.2) is 33.6 Å². The van der Waals surface area contributed by atoms with E-state index in [1.165, 1.54) is 12.0 Å². The maximum atomic E-state index is 11.9. The lowest BCUT2D eigenvalue weighted by Crippen LogP contribution is -2.33. The van der Waals surface area contributed by atoms with Gasteiger partial charge in [0.1, 0.15) is 11.5 Å². The third kappa shape index (κ3) is 3.28. The van der Waals surface area contributed by atoms with E-state index in [9.17, 15) is 9.59 Å². The molecule has 0 saturated carbocycles. The molecule has 1 heterocycles. The van der Waals surface area contributed by atoms with Gasteiger partial charge in [-0.25, -0.2) is 0 Å². The lowest BCUT2D eigenvalue weighted by Gasteiger charge is -2.12. The fraction of sp³-hybridized carbons (Fsp3) is 0.154. The quantitative estimate of drug-likeness (QED) is 0.462. The highest BCUT2D eigenvalue weighted by Crippen LogP contribution is 2.34. The van der Waals surface area contributed by atoms with Crippen molar-refractivity contribution in [2.24, 2.45) is 0 Å². The smallest absolute Gasteiger partial charge is 0.325 e. The van der Waals surface area contributed by atoms with Crippen LogP contribution in [0, 0.1) is 0 Å². The number of amides is 1. The van der Waals surface area contributed by atoms with Crippen LogP contribution in [0.4, 0.5) is 4.79 Å². The van der Waals surface area contributed by atoms with Gasteiger partial charge in [-0.05, 0) is 29.5 Å². The number of carbonyl (C=O) groups excluding carboxylic acids is 2. The Balaban J connectivity index is 2.24. The maximum absolute atomic E-state index is 11.9. The third-order valence-electron chi connectivity index (χ3n) is 2.58. The lowest BCUT2D eigenvalue weighted by atomic mass is 10.2. The zero-order chi connectivity index (χ0) is 14.7. The van der Waals surface area contributed by atoms with Crippen LogP contribution in [0.1, 0.15) is 5.56 Å². The number of esters is 1.